The molecule has 1 amide bonds. The Hall–Kier alpha value is -2.83. The Morgan fingerprint density at radius 3 is 2.81 bits per heavy atom. The maximum atomic E-state index is 11.6. The molecule has 0 bridgehead atoms. The molecule has 0 saturated carbocycles. The van der Waals surface area contributed by atoms with Crippen molar-refractivity contribution in [3.05, 3.63) is 36.7 Å². The highest BCUT2D eigenvalue weighted by atomic mass is 16.2. The van der Waals surface area contributed by atoms with Gasteiger partial charge in [-0.05, 0) is 31.0 Å². The van der Waals surface area contributed by atoms with E-state index in [0.717, 1.165) is 55.5 Å². The van der Waals surface area contributed by atoms with Gasteiger partial charge in [0.05, 0.1) is 0 Å². The summed E-state index contributed by atoms with van der Waals surface area (Å²) in [7, 11) is 4.03. The third-order valence-electron chi connectivity index (χ3n) is 4.38. The molecule has 138 valence electrons. The van der Waals surface area contributed by atoms with Gasteiger partial charge in [0.25, 0.3) is 0 Å². The lowest BCUT2D eigenvalue weighted by molar-refractivity contribution is -0.127. The first kappa shape index (κ1) is 18.0. The number of rotatable bonds is 8. The molecule has 2 N–H and O–H groups in total. The van der Waals surface area contributed by atoms with Gasteiger partial charge in [-0.15, -0.1) is 0 Å². The number of benzene rings is 1. The zero-order valence-electron chi connectivity index (χ0n) is 15.4. The van der Waals surface area contributed by atoms with Gasteiger partial charge in [0.15, 0.2) is 0 Å². The highest BCUT2D eigenvalue weighted by Gasteiger charge is 2.18. The van der Waals surface area contributed by atoms with Crippen LogP contribution < -0.4 is 15.5 Å². The van der Waals surface area contributed by atoms with Gasteiger partial charge in [0.1, 0.15) is 18.0 Å². The lowest BCUT2D eigenvalue weighted by atomic mass is 10.2. The summed E-state index contributed by atoms with van der Waals surface area (Å²) in [6, 6.07) is 10.0. The van der Waals surface area contributed by atoms with Crippen LogP contribution in [0.3, 0.4) is 0 Å². The molecule has 7 nitrogen and oxygen atoms in total. The summed E-state index contributed by atoms with van der Waals surface area (Å²) in [5.74, 6) is 1.80. The molecule has 0 radical (unpaired) electrons. The topological polar surface area (TPSA) is 73.4 Å². The summed E-state index contributed by atoms with van der Waals surface area (Å²) >= 11 is 0. The Morgan fingerprint density at radius 2 is 2.04 bits per heavy atom. The molecule has 1 fully saturated rings. The van der Waals surface area contributed by atoms with Gasteiger partial charge in [-0.3, -0.25) is 4.79 Å². The van der Waals surface area contributed by atoms with Crippen LogP contribution in [-0.4, -0.2) is 54.5 Å². The molecular weight excluding hydrogens is 328 g/mol. The number of amides is 1. The second-order valence-electron chi connectivity index (χ2n) is 6.62. The van der Waals surface area contributed by atoms with Crippen LogP contribution in [0.15, 0.2) is 36.7 Å². The summed E-state index contributed by atoms with van der Waals surface area (Å²) in [6.07, 6.45) is 4.14. The number of nitrogens with one attached hydrogen (secondary N) is 2. The second-order valence-corrected chi connectivity index (χ2v) is 6.62. The average molecular weight is 354 g/mol. The molecule has 1 aromatic carbocycles. The van der Waals surface area contributed by atoms with Crippen LogP contribution in [0.25, 0.3) is 0 Å². The first-order chi connectivity index (χ1) is 12.6. The molecule has 0 atom stereocenters. The quantitative estimate of drug-likeness (QED) is 0.710. The highest BCUT2D eigenvalue weighted by Crippen LogP contribution is 2.21. The van der Waals surface area contributed by atoms with Crippen molar-refractivity contribution in [2.45, 2.75) is 19.3 Å². The van der Waals surface area contributed by atoms with Crippen LogP contribution in [0.2, 0.25) is 0 Å². The number of carbonyl (C=O) groups is 1. The van der Waals surface area contributed by atoms with E-state index in [0.29, 0.717) is 6.42 Å². The minimum absolute atomic E-state index is 0.276. The molecule has 7 heteroatoms. The van der Waals surface area contributed by atoms with Gasteiger partial charge >= 0.3 is 0 Å². The molecular formula is C19H26N6O. The number of hydrogen-bond acceptors (Lipinski definition) is 6. The maximum Gasteiger partial charge on any atom is 0.222 e. The fourth-order valence-electron chi connectivity index (χ4n) is 2.96. The number of hydrogen-bond donors (Lipinski definition) is 2. The van der Waals surface area contributed by atoms with Crippen LogP contribution in [0.4, 0.5) is 23.0 Å². The Balaban J connectivity index is 1.51. The largest absolute Gasteiger partial charge is 0.378 e. The smallest absolute Gasteiger partial charge is 0.222 e. The molecule has 2 aromatic rings. The normalized spacial score (nSPS) is 13.8. The van der Waals surface area contributed by atoms with Crippen molar-refractivity contribution in [2.75, 3.05) is 49.3 Å². The zero-order chi connectivity index (χ0) is 18.4. The van der Waals surface area contributed by atoms with Crippen molar-refractivity contribution < 1.29 is 4.79 Å². The van der Waals surface area contributed by atoms with Crippen molar-refractivity contribution >= 4 is 28.9 Å². The lowest BCUT2D eigenvalue weighted by Gasteiger charge is -2.16. The van der Waals surface area contributed by atoms with Crippen molar-refractivity contribution in [2.24, 2.45) is 0 Å². The standard InChI is InChI=1S/C19H26N6O/c1-24(2)16-7-3-6-15(12-16)23-18-13-17(21-14-22-18)20-9-5-11-25-10-4-8-19(25)26/h3,6-7,12-14H,4-5,8-11H2,1-2H3,(H2,20,21,22,23). The molecule has 1 saturated heterocycles. The number of aromatic nitrogens is 2. The SMILES string of the molecule is CN(C)c1cccc(Nc2cc(NCCCN3CCCC3=O)ncn2)c1. The van der Waals surface area contributed by atoms with Gasteiger partial charge in [-0.25, -0.2) is 9.97 Å². The Labute approximate surface area is 154 Å². The molecule has 26 heavy (non-hydrogen) atoms. The lowest BCUT2D eigenvalue weighted by Crippen LogP contribution is -2.27. The summed E-state index contributed by atoms with van der Waals surface area (Å²) in [6.45, 7) is 2.47. The fourth-order valence-corrected chi connectivity index (χ4v) is 2.96. The van der Waals surface area contributed by atoms with E-state index in [1.54, 1.807) is 6.33 Å². The predicted molar refractivity (Wildman–Crippen MR) is 105 cm³/mol. The van der Waals surface area contributed by atoms with Crippen LogP contribution in [0.5, 0.6) is 0 Å². The van der Waals surface area contributed by atoms with Crippen molar-refractivity contribution in [3.8, 4) is 0 Å². The van der Waals surface area contributed by atoms with Crippen molar-refractivity contribution in [1.29, 1.82) is 0 Å². The fraction of sp³-hybridized carbons (Fsp3) is 0.421. The maximum absolute atomic E-state index is 11.6. The monoisotopic (exact) mass is 354 g/mol. The van der Waals surface area contributed by atoms with Crippen molar-refractivity contribution in [3.63, 3.8) is 0 Å². The van der Waals surface area contributed by atoms with Crippen LogP contribution in [-0.2, 0) is 4.79 Å². The number of nitrogens with zero attached hydrogens (tertiary/aromatic N) is 4. The van der Waals surface area contributed by atoms with E-state index in [2.05, 4.69) is 37.6 Å². The minimum Gasteiger partial charge on any atom is -0.378 e. The van der Waals surface area contributed by atoms with Crippen LogP contribution >= 0.6 is 0 Å². The van der Waals surface area contributed by atoms with E-state index < -0.39 is 0 Å². The summed E-state index contributed by atoms with van der Waals surface area (Å²) < 4.78 is 0. The Kier molecular flexibility index (Phi) is 5.88. The van der Waals surface area contributed by atoms with E-state index in [4.69, 9.17) is 0 Å². The number of carbonyl (C=O) groups excluding carboxylic acids is 1. The van der Waals surface area contributed by atoms with Gasteiger partial charge in [-0.2, -0.15) is 0 Å². The molecule has 2 heterocycles. The molecule has 1 aliphatic heterocycles. The molecule has 0 aliphatic carbocycles. The van der Waals surface area contributed by atoms with Crippen LogP contribution in [0.1, 0.15) is 19.3 Å². The van der Waals surface area contributed by atoms with Gasteiger partial charge < -0.3 is 20.4 Å². The summed E-state index contributed by atoms with van der Waals surface area (Å²) in [4.78, 5) is 24.1. The molecule has 0 unspecified atom stereocenters. The predicted octanol–water partition coefficient (Wildman–Crippen LogP) is 2.71. The molecule has 1 aromatic heterocycles. The molecule has 0 spiro atoms. The van der Waals surface area contributed by atoms with Crippen LogP contribution in [0, 0.1) is 0 Å². The van der Waals surface area contributed by atoms with Crippen molar-refractivity contribution in [1.82, 2.24) is 14.9 Å². The highest BCUT2D eigenvalue weighted by molar-refractivity contribution is 5.78. The first-order valence-electron chi connectivity index (χ1n) is 9.00. The van der Waals surface area contributed by atoms with Gasteiger partial charge in [0, 0.05) is 57.6 Å². The van der Waals surface area contributed by atoms with E-state index in [1.165, 1.54) is 0 Å². The van der Waals surface area contributed by atoms with E-state index in [1.807, 2.05) is 37.2 Å². The second kappa shape index (κ2) is 8.51. The number of likely N-dealkylation sites (tertiary alicyclic amines) is 1. The zero-order valence-corrected chi connectivity index (χ0v) is 15.4. The van der Waals surface area contributed by atoms with Gasteiger partial charge in [-0.1, -0.05) is 6.07 Å². The number of anilines is 4. The molecule has 3 rings (SSSR count). The first-order valence-corrected chi connectivity index (χ1v) is 9.00. The molecule has 1 aliphatic rings. The van der Waals surface area contributed by atoms with E-state index >= 15 is 0 Å². The summed E-state index contributed by atoms with van der Waals surface area (Å²) in [5.41, 5.74) is 2.10. The minimum atomic E-state index is 0.276. The van der Waals surface area contributed by atoms with E-state index in [-0.39, 0.29) is 5.91 Å². The summed E-state index contributed by atoms with van der Waals surface area (Å²) in [5, 5.41) is 6.61. The average Bonchev–Trinajstić information content (AvgIpc) is 3.04. The Bertz CT molecular complexity index is 748. The van der Waals surface area contributed by atoms with Gasteiger partial charge in [0.2, 0.25) is 5.91 Å². The Morgan fingerprint density at radius 1 is 1.19 bits per heavy atom. The third kappa shape index (κ3) is 4.84. The van der Waals surface area contributed by atoms with E-state index in [9.17, 15) is 4.79 Å². The third-order valence-corrected chi connectivity index (χ3v) is 4.38.